The van der Waals surface area contributed by atoms with Crippen molar-refractivity contribution in [3.8, 4) is 0 Å². The quantitative estimate of drug-likeness (QED) is 0.314. The van der Waals surface area contributed by atoms with Crippen LogP contribution in [0.2, 0.25) is 0 Å². The van der Waals surface area contributed by atoms with Crippen LogP contribution in [0.3, 0.4) is 0 Å². The third-order valence-electron chi connectivity index (χ3n) is 2.30. The normalized spacial score (nSPS) is 13.5. The van der Waals surface area contributed by atoms with Crippen molar-refractivity contribution in [2.75, 3.05) is 18.5 Å². The number of nitrogens with two attached hydrogens (primary N) is 1. The largest absolute Gasteiger partial charge is 0.409 e. The van der Waals surface area contributed by atoms with Gasteiger partial charge in [0.2, 0.25) is 0 Å². The summed E-state index contributed by atoms with van der Waals surface area (Å²) in [5, 5.41) is 20.5. The summed E-state index contributed by atoms with van der Waals surface area (Å²) in [6.45, 7) is 1.94. The molecule has 6 heteroatoms. The molecule has 0 aliphatic rings. The summed E-state index contributed by atoms with van der Waals surface area (Å²) in [6.07, 6.45) is -0.553. The van der Waals surface area contributed by atoms with Crippen molar-refractivity contribution in [3.63, 3.8) is 0 Å². The molecule has 1 aromatic carbocycles. The maximum atomic E-state index is 13.7. The van der Waals surface area contributed by atoms with Crippen LogP contribution >= 0.6 is 0 Å². The lowest BCUT2D eigenvalue weighted by Crippen LogP contribution is -2.27. The minimum absolute atomic E-state index is 0.145. The number of likely N-dealkylation sites (N-methyl/N-ethyl adjacent to an activating group) is 1. The first kappa shape index (κ1) is 13.2. The van der Waals surface area contributed by atoms with E-state index in [4.69, 9.17) is 10.9 Å². The van der Waals surface area contributed by atoms with Crippen LogP contribution < -0.4 is 10.6 Å². The van der Waals surface area contributed by atoms with Crippen LogP contribution in [-0.2, 0) is 0 Å². The van der Waals surface area contributed by atoms with E-state index in [9.17, 15) is 9.50 Å². The number of hydrogen-bond acceptors (Lipinski definition) is 4. The van der Waals surface area contributed by atoms with Crippen LogP contribution in [0, 0.1) is 5.82 Å². The van der Waals surface area contributed by atoms with Crippen LogP contribution in [0.5, 0.6) is 0 Å². The summed E-state index contributed by atoms with van der Waals surface area (Å²) in [7, 11) is 1.67. The van der Waals surface area contributed by atoms with Crippen molar-refractivity contribution < 1.29 is 14.7 Å². The number of aliphatic hydroxyl groups excluding tert-OH is 1. The number of rotatable bonds is 4. The zero-order valence-electron chi connectivity index (χ0n) is 9.76. The molecule has 1 rings (SSSR count). The Labute approximate surface area is 99.0 Å². The highest BCUT2D eigenvalue weighted by Gasteiger charge is 2.11. The summed E-state index contributed by atoms with van der Waals surface area (Å²) in [6, 6.07) is 4.25. The summed E-state index contributed by atoms with van der Waals surface area (Å²) in [5.41, 5.74) is 6.00. The van der Waals surface area contributed by atoms with Crippen molar-refractivity contribution in [3.05, 3.63) is 29.6 Å². The van der Waals surface area contributed by atoms with Gasteiger partial charge in [-0.25, -0.2) is 4.39 Å². The molecule has 0 aromatic heterocycles. The van der Waals surface area contributed by atoms with Crippen molar-refractivity contribution in [2.45, 2.75) is 13.0 Å². The van der Waals surface area contributed by atoms with E-state index in [-0.39, 0.29) is 5.84 Å². The van der Waals surface area contributed by atoms with Gasteiger partial charge in [0, 0.05) is 19.2 Å². The Morgan fingerprint density at radius 3 is 2.71 bits per heavy atom. The van der Waals surface area contributed by atoms with Crippen LogP contribution in [0.25, 0.3) is 0 Å². The summed E-state index contributed by atoms with van der Waals surface area (Å²) >= 11 is 0. The summed E-state index contributed by atoms with van der Waals surface area (Å²) in [5.74, 6) is -0.633. The van der Waals surface area contributed by atoms with E-state index in [1.807, 2.05) is 0 Å². The van der Waals surface area contributed by atoms with Crippen LogP contribution in [-0.4, -0.2) is 35.8 Å². The number of hydrogen-bond donors (Lipinski definition) is 3. The van der Waals surface area contributed by atoms with Gasteiger partial charge in [-0.1, -0.05) is 5.16 Å². The smallest absolute Gasteiger partial charge is 0.170 e. The second-order valence-electron chi connectivity index (χ2n) is 3.88. The zero-order chi connectivity index (χ0) is 13.0. The Kier molecular flexibility index (Phi) is 4.28. The van der Waals surface area contributed by atoms with Gasteiger partial charge in [0.1, 0.15) is 5.82 Å². The molecule has 1 atom stereocenters. The highest BCUT2D eigenvalue weighted by molar-refractivity contribution is 5.97. The first-order valence-corrected chi connectivity index (χ1v) is 5.12. The average Bonchev–Trinajstić information content (AvgIpc) is 2.26. The SMILES string of the molecule is CC(O)CN(C)c1ccc(C(N)=NO)cc1F. The van der Waals surface area contributed by atoms with Crippen LogP contribution in [0.15, 0.2) is 23.4 Å². The molecular weight excluding hydrogens is 225 g/mol. The number of oxime groups is 1. The molecule has 94 valence electrons. The molecule has 0 saturated heterocycles. The lowest BCUT2D eigenvalue weighted by atomic mass is 10.1. The summed E-state index contributed by atoms with van der Waals surface area (Å²) < 4.78 is 13.7. The number of benzene rings is 1. The van der Waals surface area contributed by atoms with Gasteiger partial charge in [-0.05, 0) is 25.1 Å². The molecule has 0 heterocycles. The van der Waals surface area contributed by atoms with E-state index in [0.717, 1.165) is 0 Å². The molecule has 0 saturated carbocycles. The molecule has 0 aliphatic heterocycles. The molecule has 17 heavy (non-hydrogen) atoms. The Hall–Kier alpha value is -1.82. The third kappa shape index (κ3) is 3.32. The number of anilines is 1. The number of halogens is 1. The van der Waals surface area contributed by atoms with E-state index in [2.05, 4.69) is 5.16 Å². The standard InChI is InChI=1S/C11H16FN3O2/c1-7(16)6-15(2)10-4-3-8(5-9(10)12)11(13)14-17/h3-5,7,16-17H,6H2,1-2H3,(H2,13,14). The lowest BCUT2D eigenvalue weighted by molar-refractivity contribution is 0.201. The number of nitrogens with zero attached hydrogens (tertiary/aromatic N) is 2. The highest BCUT2D eigenvalue weighted by Crippen LogP contribution is 2.19. The molecule has 1 aromatic rings. The molecule has 0 aliphatic carbocycles. The second-order valence-corrected chi connectivity index (χ2v) is 3.88. The Morgan fingerprint density at radius 1 is 1.59 bits per heavy atom. The van der Waals surface area contributed by atoms with E-state index in [1.54, 1.807) is 24.9 Å². The molecular formula is C11H16FN3O2. The predicted octanol–water partition coefficient (Wildman–Crippen LogP) is 0.737. The average molecular weight is 241 g/mol. The minimum Gasteiger partial charge on any atom is -0.409 e. The molecule has 5 nitrogen and oxygen atoms in total. The lowest BCUT2D eigenvalue weighted by Gasteiger charge is -2.21. The molecule has 0 fully saturated rings. The van der Waals surface area contributed by atoms with Gasteiger partial charge < -0.3 is 20.9 Å². The second kappa shape index (κ2) is 5.49. The maximum absolute atomic E-state index is 13.7. The van der Waals surface area contributed by atoms with E-state index >= 15 is 0 Å². The number of aliphatic hydroxyl groups is 1. The Bertz CT molecular complexity index is 421. The van der Waals surface area contributed by atoms with Gasteiger partial charge in [-0.15, -0.1) is 0 Å². The topological polar surface area (TPSA) is 82.1 Å². The Balaban J connectivity index is 2.97. The molecule has 0 amide bonds. The van der Waals surface area contributed by atoms with Gasteiger partial charge in [-0.3, -0.25) is 0 Å². The number of amidine groups is 1. The van der Waals surface area contributed by atoms with Crippen molar-refractivity contribution >= 4 is 11.5 Å². The predicted molar refractivity (Wildman–Crippen MR) is 63.9 cm³/mol. The van der Waals surface area contributed by atoms with Gasteiger partial charge in [-0.2, -0.15) is 0 Å². The first-order chi connectivity index (χ1) is 7.95. The van der Waals surface area contributed by atoms with E-state index < -0.39 is 11.9 Å². The summed E-state index contributed by atoms with van der Waals surface area (Å²) in [4.78, 5) is 1.59. The van der Waals surface area contributed by atoms with Crippen LogP contribution in [0.1, 0.15) is 12.5 Å². The first-order valence-electron chi connectivity index (χ1n) is 5.12. The van der Waals surface area contributed by atoms with Crippen molar-refractivity contribution in [2.24, 2.45) is 10.9 Å². The molecule has 4 N–H and O–H groups in total. The molecule has 0 spiro atoms. The molecule has 0 radical (unpaired) electrons. The minimum atomic E-state index is -0.553. The van der Waals surface area contributed by atoms with Crippen LogP contribution in [0.4, 0.5) is 10.1 Å². The Morgan fingerprint density at radius 2 is 2.24 bits per heavy atom. The fraction of sp³-hybridized carbons (Fsp3) is 0.364. The van der Waals surface area contributed by atoms with E-state index in [1.165, 1.54) is 12.1 Å². The fourth-order valence-electron chi connectivity index (χ4n) is 1.53. The monoisotopic (exact) mass is 241 g/mol. The maximum Gasteiger partial charge on any atom is 0.170 e. The molecule has 0 bridgehead atoms. The van der Waals surface area contributed by atoms with Gasteiger partial charge in [0.25, 0.3) is 0 Å². The highest BCUT2D eigenvalue weighted by atomic mass is 19.1. The van der Waals surface area contributed by atoms with Crippen molar-refractivity contribution in [1.82, 2.24) is 0 Å². The van der Waals surface area contributed by atoms with Crippen molar-refractivity contribution in [1.29, 1.82) is 0 Å². The van der Waals surface area contributed by atoms with Gasteiger partial charge >= 0.3 is 0 Å². The van der Waals surface area contributed by atoms with Gasteiger partial charge in [0.05, 0.1) is 11.8 Å². The third-order valence-corrected chi connectivity index (χ3v) is 2.30. The molecule has 1 unspecified atom stereocenters. The fourth-order valence-corrected chi connectivity index (χ4v) is 1.53. The van der Waals surface area contributed by atoms with E-state index in [0.29, 0.717) is 17.8 Å². The zero-order valence-corrected chi connectivity index (χ0v) is 9.76. The van der Waals surface area contributed by atoms with Gasteiger partial charge in [0.15, 0.2) is 5.84 Å².